The van der Waals surface area contributed by atoms with Gasteiger partial charge in [-0.2, -0.15) is 0 Å². The Balaban J connectivity index is 3.77. The zero-order valence-corrected chi connectivity index (χ0v) is 15.7. The van der Waals surface area contributed by atoms with Gasteiger partial charge in [0.25, 0.3) is 0 Å². The Morgan fingerprint density at radius 3 is 2.08 bits per heavy atom. The number of hydrogen-bond acceptors (Lipinski definition) is 3. The molecular weight excluding hydrogens is 328 g/mol. The highest BCUT2D eigenvalue weighted by molar-refractivity contribution is 5.66. The summed E-state index contributed by atoms with van der Waals surface area (Å²) in [6.45, 7) is 2.06. The van der Waals surface area contributed by atoms with Crippen molar-refractivity contribution in [2.75, 3.05) is 0 Å². The molecule has 0 aromatic carbocycles. The van der Waals surface area contributed by atoms with Gasteiger partial charge in [0.05, 0.1) is 0 Å². The van der Waals surface area contributed by atoms with Gasteiger partial charge in [-0.05, 0) is 38.5 Å². The highest BCUT2D eigenvalue weighted by Crippen LogP contribution is 2.02. The Morgan fingerprint density at radius 1 is 0.885 bits per heavy atom. The fourth-order valence-electron chi connectivity index (χ4n) is 1.94. The SMILES string of the molecule is CCC=CC[C@H](C=CC=CCC=CCC=CCC=CCCC(=O)O)OO. The third-order valence-corrected chi connectivity index (χ3v) is 3.32. The summed E-state index contributed by atoms with van der Waals surface area (Å²) in [5.74, 6) is -0.759. The molecule has 0 aliphatic carbocycles. The van der Waals surface area contributed by atoms with E-state index in [1.807, 2.05) is 48.6 Å². The Hall–Kier alpha value is -2.17. The van der Waals surface area contributed by atoms with Gasteiger partial charge in [-0.1, -0.05) is 79.8 Å². The average molecular weight is 360 g/mol. The van der Waals surface area contributed by atoms with Crippen molar-refractivity contribution in [3.8, 4) is 0 Å². The standard InChI is InChI=1S/C22H32O4/c1-2-3-15-18-21(26-25)19-16-13-11-9-7-5-4-6-8-10-12-14-17-20-22(23)24/h3,5-8,11-16,19,21,25H,2,4,9-10,17-18,20H2,1H3,(H,23,24)/t21-/m1/s1. The van der Waals surface area contributed by atoms with E-state index in [1.165, 1.54) is 0 Å². The van der Waals surface area contributed by atoms with Crippen LogP contribution in [0, 0.1) is 0 Å². The van der Waals surface area contributed by atoms with Crippen LogP contribution in [0.25, 0.3) is 0 Å². The minimum atomic E-state index is -0.759. The number of allylic oxidation sites excluding steroid dienone is 10. The van der Waals surface area contributed by atoms with Crippen molar-refractivity contribution < 1.29 is 20.0 Å². The Morgan fingerprint density at radius 2 is 1.50 bits per heavy atom. The molecule has 0 amide bonds. The molecule has 1 atom stereocenters. The summed E-state index contributed by atoms with van der Waals surface area (Å²) in [5, 5.41) is 17.3. The molecule has 0 saturated carbocycles. The molecule has 0 aromatic heterocycles. The van der Waals surface area contributed by atoms with Crippen LogP contribution in [-0.4, -0.2) is 22.4 Å². The quantitative estimate of drug-likeness (QED) is 0.162. The van der Waals surface area contributed by atoms with Crippen molar-refractivity contribution in [3.63, 3.8) is 0 Å². The van der Waals surface area contributed by atoms with Gasteiger partial charge in [0.1, 0.15) is 6.10 Å². The van der Waals surface area contributed by atoms with Crippen LogP contribution in [0.1, 0.15) is 51.9 Å². The second-order valence-corrected chi connectivity index (χ2v) is 5.63. The lowest BCUT2D eigenvalue weighted by Crippen LogP contribution is -2.04. The fraction of sp³-hybridized carbons (Fsp3) is 0.409. The molecule has 0 aliphatic rings. The van der Waals surface area contributed by atoms with Crippen LogP contribution in [0.4, 0.5) is 0 Å². The summed E-state index contributed by atoms with van der Waals surface area (Å²) in [6.07, 6.45) is 28.7. The van der Waals surface area contributed by atoms with Gasteiger partial charge < -0.3 is 5.11 Å². The zero-order valence-electron chi connectivity index (χ0n) is 15.7. The molecule has 4 heteroatoms. The highest BCUT2D eigenvalue weighted by Gasteiger charge is 1.99. The first-order chi connectivity index (χ1) is 12.7. The molecule has 2 N–H and O–H groups in total. The number of aliphatic carboxylic acids is 1. The predicted molar refractivity (Wildman–Crippen MR) is 108 cm³/mol. The summed E-state index contributed by atoms with van der Waals surface area (Å²) >= 11 is 0. The van der Waals surface area contributed by atoms with Crippen LogP contribution in [0.5, 0.6) is 0 Å². The summed E-state index contributed by atoms with van der Waals surface area (Å²) in [7, 11) is 0. The Labute approximate surface area is 157 Å². The van der Waals surface area contributed by atoms with E-state index in [0.717, 1.165) is 25.7 Å². The minimum Gasteiger partial charge on any atom is -0.481 e. The van der Waals surface area contributed by atoms with E-state index in [-0.39, 0.29) is 12.5 Å². The molecule has 0 bridgehead atoms. The van der Waals surface area contributed by atoms with Crippen LogP contribution in [0.3, 0.4) is 0 Å². The normalized spacial score (nSPS) is 14.2. The maximum absolute atomic E-state index is 10.3. The molecule has 26 heavy (non-hydrogen) atoms. The number of hydrogen-bond donors (Lipinski definition) is 2. The molecular formula is C22H32O4. The van der Waals surface area contributed by atoms with Gasteiger partial charge in [-0.25, -0.2) is 4.89 Å². The van der Waals surface area contributed by atoms with Crippen molar-refractivity contribution in [2.24, 2.45) is 0 Å². The molecule has 0 spiro atoms. The van der Waals surface area contributed by atoms with E-state index in [9.17, 15) is 4.79 Å². The summed E-state index contributed by atoms with van der Waals surface area (Å²) < 4.78 is 0. The molecule has 4 nitrogen and oxygen atoms in total. The summed E-state index contributed by atoms with van der Waals surface area (Å²) in [5.41, 5.74) is 0. The van der Waals surface area contributed by atoms with Crippen molar-refractivity contribution in [1.29, 1.82) is 0 Å². The number of rotatable bonds is 15. The summed E-state index contributed by atoms with van der Waals surface area (Å²) in [4.78, 5) is 14.7. The third-order valence-electron chi connectivity index (χ3n) is 3.32. The largest absolute Gasteiger partial charge is 0.481 e. The number of carboxylic acid groups (broad SMARTS) is 1. The van der Waals surface area contributed by atoms with Crippen LogP contribution in [0.2, 0.25) is 0 Å². The van der Waals surface area contributed by atoms with E-state index in [0.29, 0.717) is 12.8 Å². The molecule has 0 heterocycles. The monoisotopic (exact) mass is 360 g/mol. The maximum Gasteiger partial charge on any atom is 0.303 e. The average Bonchev–Trinajstić information content (AvgIpc) is 2.63. The van der Waals surface area contributed by atoms with Crippen LogP contribution in [-0.2, 0) is 9.68 Å². The van der Waals surface area contributed by atoms with Gasteiger partial charge in [-0.15, -0.1) is 0 Å². The lowest BCUT2D eigenvalue weighted by molar-refractivity contribution is -0.264. The van der Waals surface area contributed by atoms with Gasteiger partial charge in [-0.3, -0.25) is 10.1 Å². The van der Waals surface area contributed by atoms with E-state index >= 15 is 0 Å². The first-order valence-electron chi connectivity index (χ1n) is 9.16. The van der Waals surface area contributed by atoms with Crippen molar-refractivity contribution in [2.45, 2.75) is 58.0 Å². The fourth-order valence-corrected chi connectivity index (χ4v) is 1.94. The van der Waals surface area contributed by atoms with Crippen molar-refractivity contribution in [1.82, 2.24) is 0 Å². The second kappa shape index (κ2) is 19.2. The smallest absolute Gasteiger partial charge is 0.303 e. The van der Waals surface area contributed by atoms with E-state index < -0.39 is 5.97 Å². The second-order valence-electron chi connectivity index (χ2n) is 5.63. The zero-order chi connectivity index (χ0) is 19.3. The molecule has 0 rings (SSSR count). The van der Waals surface area contributed by atoms with Gasteiger partial charge in [0.2, 0.25) is 0 Å². The number of carbonyl (C=O) groups is 1. The van der Waals surface area contributed by atoms with Gasteiger partial charge in [0, 0.05) is 6.42 Å². The maximum atomic E-state index is 10.3. The third kappa shape index (κ3) is 18.2. The topological polar surface area (TPSA) is 66.8 Å². The first kappa shape index (κ1) is 23.8. The first-order valence-corrected chi connectivity index (χ1v) is 9.16. The molecule has 0 fully saturated rings. The van der Waals surface area contributed by atoms with E-state index in [2.05, 4.69) is 36.1 Å². The van der Waals surface area contributed by atoms with Crippen LogP contribution < -0.4 is 0 Å². The van der Waals surface area contributed by atoms with E-state index in [4.69, 9.17) is 10.4 Å². The molecule has 144 valence electrons. The van der Waals surface area contributed by atoms with Crippen molar-refractivity contribution >= 4 is 5.97 Å². The lowest BCUT2D eigenvalue weighted by Gasteiger charge is -2.03. The molecule has 0 aromatic rings. The van der Waals surface area contributed by atoms with E-state index in [1.54, 1.807) is 0 Å². The predicted octanol–water partition coefficient (Wildman–Crippen LogP) is 6.02. The van der Waals surface area contributed by atoms with Crippen LogP contribution >= 0.6 is 0 Å². The Kier molecular flexibility index (Phi) is 17.6. The van der Waals surface area contributed by atoms with Crippen LogP contribution in [0.15, 0.2) is 72.9 Å². The van der Waals surface area contributed by atoms with Gasteiger partial charge >= 0.3 is 5.97 Å². The molecule has 0 radical (unpaired) electrons. The van der Waals surface area contributed by atoms with Crippen molar-refractivity contribution in [3.05, 3.63) is 72.9 Å². The Bertz CT molecular complexity index is 510. The highest BCUT2D eigenvalue weighted by atomic mass is 17.1. The van der Waals surface area contributed by atoms with Gasteiger partial charge in [0.15, 0.2) is 0 Å². The lowest BCUT2D eigenvalue weighted by atomic mass is 10.2. The number of carboxylic acids is 1. The minimum absolute atomic E-state index is 0.190. The molecule has 0 saturated heterocycles. The summed E-state index contributed by atoms with van der Waals surface area (Å²) in [6, 6.07) is 0. The molecule has 0 unspecified atom stereocenters. The molecule has 0 aliphatic heterocycles.